The highest BCUT2D eigenvalue weighted by molar-refractivity contribution is 5.95. The second-order valence-electron chi connectivity index (χ2n) is 6.53. The molecule has 3 aromatic rings. The molecule has 0 heterocycles. The molecule has 3 rings (SSSR count). The van der Waals surface area contributed by atoms with Gasteiger partial charge in [0.1, 0.15) is 5.75 Å². The quantitative estimate of drug-likeness (QED) is 0.183. The van der Waals surface area contributed by atoms with Gasteiger partial charge in [0.2, 0.25) is 0 Å². The number of nitrogens with zero attached hydrogens (tertiary/aromatic N) is 2. The van der Waals surface area contributed by atoms with Crippen molar-refractivity contribution in [3.05, 3.63) is 93.5 Å². The molecule has 168 valence electrons. The van der Waals surface area contributed by atoms with E-state index >= 15 is 0 Å². The largest absolute Gasteiger partial charge is 0.497 e. The van der Waals surface area contributed by atoms with E-state index in [1.807, 2.05) is 0 Å². The lowest BCUT2D eigenvalue weighted by atomic mass is 10.2. The number of benzene rings is 3. The molecule has 10 nitrogen and oxygen atoms in total. The highest BCUT2D eigenvalue weighted by Crippen LogP contribution is 2.28. The van der Waals surface area contributed by atoms with Gasteiger partial charge in [-0.05, 0) is 60.2 Å². The number of carbonyl (C=O) groups excluding carboxylic acids is 2. The third-order valence-corrected chi connectivity index (χ3v) is 4.44. The van der Waals surface area contributed by atoms with Crippen molar-refractivity contribution in [3.63, 3.8) is 0 Å². The molecule has 3 aromatic carbocycles. The number of hydrogen-bond acceptors (Lipinski definition) is 8. The zero-order valence-corrected chi connectivity index (χ0v) is 17.7. The van der Waals surface area contributed by atoms with Crippen LogP contribution in [0.25, 0.3) is 0 Å². The fourth-order valence-electron chi connectivity index (χ4n) is 2.70. The van der Waals surface area contributed by atoms with Gasteiger partial charge in [0.25, 0.3) is 11.6 Å². The van der Waals surface area contributed by atoms with Crippen molar-refractivity contribution in [2.75, 3.05) is 14.2 Å². The summed E-state index contributed by atoms with van der Waals surface area (Å²) >= 11 is 0. The van der Waals surface area contributed by atoms with Crippen molar-refractivity contribution in [1.29, 1.82) is 0 Å². The molecule has 1 amide bonds. The average Bonchev–Trinajstić information content (AvgIpc) is 2.84. The van der Waals surface area contributed by atoms with Crippen LogP contribution in [0.2, 0.25) is 0 Å². The number of amides is 1. The molecule has 0 aliphatic carbocycles. The molecule has 0 radical (unpaired) electrons. The van der Waals surface area contributed by atoms with Gasteiger partial charge in [-0.25, -0.2) is 10.2 Å². The van der Waals surface area contributed by atoms with Gasteiger partial charge in [0.05, 0.1) is 30.9 Å². The van der Waals surface area contributed by atoms with Gasteiger partial charge in [0, 0.05) is 17.7 Å². The number of hydrogen-bond donors (Lipinski definition) is 1. The van der Waals surface area contributed by atoms with E-state index in [0.29, 0.717) is 22.6 Å². The highest BCUT2D eigenvalue weighted by atomic mass is 16.6. The maximum atomic E-state index is 12.4. The number of methoxy groups -OCH3 is 2. The summed E-state index contributed by atoms with van der Waals surface area (Å²) < 4.78 is 15.8. The number of carbonyl (C=O) groups is 2. The Kier molecular flexibility index (Phi) is 7.32. The number of nitro benzene ring substituents is 1. The van der Waals surface area contributed by atoms with Gasteiger partial charge >= 0.3 is 5.97 Å². The van der Waals surface area contributed by atoms with Crippen molar-refractivity contribution in [1.82, 2.24) is 5.43 Å². The summed E-state index contributed by atoms with van der Waals surface area (Å²) in [4.78, 5) is 34.6. The van der Waals surface area contributed by atoms with E-state index in [0.717, 1.165) is 0 Å². The van der Waals surface area contributed by atoms with E-state index in [1.54, 1.807) is 42.5 Å². The van der Waals surface area contributed by atoms with Crippen molar-refractivity contribution in [2.45, 2.75) is 0 Å². The number of nitrogens with one attached hydrogen (secondary N) is 1. The van der Waals surface area contributed by atoms with Crippen LogP contribution < -0.4 is 19.6 Å². The van der Waals surface area contributed by atoms with Gasteiger partial charge in [-0.1, -0.05) is 0 Å². The lowest BCUT2D eigenvalue weighted by Gasteiger charge is -2.10. The summed E-state index contributed by atoms with van der Waals surface area (Å²) in [6.07, 6.45) is 1.38. The second kappa shape index (κ2) is 10.5. The van der Waals surface area contributed by atoms with Crippen LogP contribution in [0.1, 0.15) is 26.3 Å². The smallest absolute Gasteiger partial charge is 0.343 e. The van der Waals surface area contributed by atoms with Crippen LogP contribution in [-0.2, 0) is 0 Å². The fourth-order valence-corrected chi connectivity index (χ4v) is 2.70. The molecule has 0 aromatic heterocycles. The summed E-state index contributed by atoms with van der Waals surface area (Å²) in [6, 6.07) is 16.3. The Balaban J connectivity index is 1.64. The Morgan fingerprint density at radius 1 is 0.909 bits per heavy atom. The van der Waals surface area contributed by atoms with Gasteiger partial charge in [0.15, 0.2) is 11.5 Å². The topological polar surface area (TPSA) is 129 Å². The maximum Gasteiger partial charge on any atom is 0.343 e. The summed E-state index contributed by atoms with van der Waals surface area (Å²) in [6.45, 7) is 0. The molecule has 33 heavy (non-hydrogen) atoms. The first-order valence-electron chi connectivity index (χ1n) is 9.53. The minimum atomic E-state index is -0.562. The van der Waals surface area contributed by atoms with E-state index in [9.17, 15) is 19.7 Å². The van der Waals surface area contributed by atoms with Crippen LogP contribution in [0.3, 0.4) is 0 Å². The third-order valence-electron chi connectivity index (χ3n) is 4.44. The van der Waals surface area contributed by atoms with Crippen molar-refractivity contribution >= 4 is 23.8 Å². The van der Waals surface area contributed by atoms with E-state index in [1.165, 1.54) is 44.7 Å². The first-order valence-corrected chi connectivity index (χ1v) is 9.53. The van der Waals surface area contributed by atoms with Gasteiger partial charge in [-0.2, -0.15) is 5.10 Å². The minimum Gasteiger partial charge on any atom is -0.497 e. The molecular formula is C23H19N3O7. The Morgan fingerprint density at radius 2 is 1.58 bits per heavy atom. The van der Waals surface area contributed by atoms with Crippen LogP contribution in [0.15, 0.2) is 71.8 Å². The lowest BCUT2D eigenvalue weighted by Crippen LogP contribution is -2.17. The molecule has 0 aliphatic rings. The first-order chi connectivity index (χ1) is 15.9. The minimum absolute atomic E-state index is 0.116. The van der Waals surface area contributed by atoms with Crippen LogP contribution >= 0.6 is 0 Å². The van der Waals surface area contributed by atoms with Crippen LogP contribution in [0.5, 0.6) is 17.2 Å². The Hall–Kier alpha value is -4.73. The summed E-state index contributed by atoms with van der Waals surface area (Å²) in [5.41, 5.74) is 3.35. The predicted molar refractivity (Wildman–Crippen MR) is 119 cm³/mol. The van der Waals surface area contributed by atoms with E-state index in [4.69, 9.17) is 14.2 Å². The van der Waals surface area contributed by atoms with E-state index in [-0.39, 0.29) is 17.0 Å². The van der Waals surface area contributed by atoms with Crippen molar-refractivity contribution in [2.24, 2.45) is 5.10 Å². The molecule has 0 fully saturated rings. The molecule has 0 saturated carbocycles. The molecule has 0 spiro atoms. The molecule has 0 unspecified atom stereocenters. The SMILES string of the molecule is COc1ccc(C(=O)Oc2ccc(/C=N/NC(=O)c3ccc([N+](=O)[O-])cc3)cc2OC)cc1. The number of esters is 1. The van der Waals surface area contributed by atoms with Crippen LogP contribution in [-0.4, -0.2) is 37.2 Å². The molecule has 1 N–H and O–H groups in total. The number of non-ortho nitro benzene ring substituents is 1. The number of nitro groups is 1. The highest BCUT2D eigenvalue weighted by Gasteiger charge is 2.13. The van der Waals surface area contributed by atoms with E-state index < -0.39 is 16.8 Å². The Bertz CT molecular complexity index is 1190. The standard InChI is InChI=1S/C23H19N3O7/c1-31-19-10-6-17(7-11-19)23(28)33-20-12-3-15(13-21(20)32-2)14-24-25-22(27)16-4-8-18(9-5-16)26(29)30/h3-14H,1-2H3,(H,25,27)/b24-14+. The molecule has 0 saturated heterocycles. The molecule has 0 bridgehead atoms. The maximum absolute atomic E-state index is 12.4. The zero-order chi connectivity index (χ0) is 23.8. The predicted octanol–water partition coefficient (Wildman–Crippen LogP) is 3.60. The van der Waals surface area contributed by atoms with Crippen LogP contribution in [0.4, 0.5) is 5.69 Å². The third kappa shape index (κ3) is 5.91. The second-order valence-corrected chi connectivity index (χ2v) is 6.53. The summed E-state index contributed by atoms with van der Waals surface area (Å²) in [5, 5.41) is 14.6. The van der Waals surface area contributed by atoms with Crippen molar-refractivity contribution in [3.8, 4) is 17.2 Å². The number of rotatable bonds is 8. The molecule has 0 atom stereocenters. The number of ether oxygens (including phenoxy) is 3. The van der Waals surface area contributed by atoms with Gasteiger partial charge < -0.3 is 14.2 Å². The zero-order valence-electron chi connectivity index (χ0n) is 17.7. The average molecular weight is 449 g/mol. The molecule has 0 aliphatic heterocycles. The monoisotopic (exact) mass is 449 g/mol. The van der Waals surface area contributed by atoms with E-state index in [2.05, 4.69) is 10.5 Å². The normalized spacial score (nSPS) is 10.5. The van der Waals surface area contributed by atoms with Gasteiger partial charge in [-0.3, -0.25) is 14.9 Å². The molecule has 10 heteroatoms. The summed E-state index contributed by atoms with van der Waals surface area (Å²) in [5.74, 6) is 0.0345. The van der Waals surface area contributed by atoms with Gasteiger partial charge in [-0.15, -0.1) is 0 Å². The van der Waals surface area contributed by atoms with Crippen molar-refractivity contribution < 1.29 is 28.7 Å². The molecular weight excluding hydrogens is 430 g/mol. The Labute approximate surface area is 188 Å². The fraction of sp³-hybridized carbons (Fsp3) is 0.0870. The number of hydrazone groups is 1. The summed E-state index contributed by atoms with van der Waals surface area (Å²) in [7, 11) is 2.96. The lowest BCUT2D eigenvalue weighted by molar-refractivity contribution is -0.384. The first kappa shape index (κ1) is 22.9. The van der Waals surface area contributed by atoms with Crippen LogP contribution in [0, 0.1) is 10.1 Å². The Morgan fingerprint density at radius 3 is 2.18 bits per heavy atom.